The molecular weight excluding hydrogens is 784 g/mol. The first-order valence-corrected chi connectivity index (χ1v) is 21.5. The van der Waals surface area contributed by atoms with E-state index < -0.39 is 15.8 Å². The first-order chi connectivity index (χ1) is 27.8. The van der Waals surface area contributed by atoms with Gasteiger partial charge in [-0.3, -0.25) is 5.10 Å². The number of nitrogens with zero attached hydrogens (tertiary/aromatic N) is 3. The number of para-hydroxylation sites is 2. The molecule has 0 spiro atoms. The average molecular weight is 823 g/mol. The summed E-state index contributed by atoms with van der Waals surface area (Å²) in [5.74, 6) is 3.12. The van der Waals surface area contributed by atoms with Crippen molar-refractivity contribution in [1.29, 1.82) is 0 Å². The van der Waals surface area contributed by atoms with E-state index in [1.165, 1.54) is 31.8 Å². The summed E-state index contributed by atoms with van der Waals surface area (Å²) in [4.78, 5) is 4.40. The van der Waals surface area contributed by atoms with E-state index in [0.717, 1.165) is 22.6 Å². The second kappa shape index (κ2) is 19.8. The minimum absolute atomic E-state index is 0. The quantitative estimate of drug-likeness (QED) is 0.0786. The van der Waals surface area contributed by atoms with Gasteiger partial charge in [-0.15, -0.1) is 36.2 Å². The van der Waals surface area contributed by atoms with E-state index in [4.69, 9.17) is 4.74 Å². The number of benzene rings is 8. The molecule has 0 bridgehead atoms. The van der Waals surface area contributed by atoms with Crippen molar-refractivity contribution in [3.05, 3.63) is 231 Å². The molecule has 0 aliphatic heterocycles. The first kappa shape index (κ1) is 39.3. The minimum Gasteiger partial charge on any atom is -0.466 e. The Labute approximate surface area is 347 Å². The Balaban J connectivity index is 0.000000230. The Morgan fingerprint density at radius 3 is 1.23 bits per heavy atom. The van der Waals surface area contributed by atoms with Gasteiger partial charge in [-0.25, -0.2) is 0 Å². The van der Waals surface area contributed by atoms with Crippen LogP contribution in [-0.2, 0) is 17.1 Å². The molecule has 8 aromatic carbocycles. The summed E-state index contributed by atoms with van der Waals surface area (Å²) < 4.78 is 6.94. The Bertz CT molecular complexity index is 2300. The van der Waals surface area contributed by atoms with Gasteiger partial charge in [0.2, 0.25) is 0 Å². The number of ether oxygens (including phenoxy) is 1. The van der Waals surface area contributed by atoms with E-state index in [1.807, 2.05) is 54.6 Å². The van der Waals surface area contributed by atoms with E-state index >= 15 is 0 Å². The Morgan fingerprint density at radius 1 is 0.421 bits per heavy atom. The van der Waals surface area contributed by atoms with Crippen LogP contribution in [0.3, 0.4) is 0 Å². The standard InChI is InChI=1S/C36H28OP2.C14H9N3.Cu/c1-5-17-29(18-6-1)38(30-19-7-2-8-20-30)35-27-15-13-25-33(35)37-34-26-14-16-28-36(34)39(31-21-9-3-10-22-31)32-23-11-4-12-24-32;1-3-7-11(8-4-1)13-15-14(17-16-13)12-9-5-2-6-10-12;/h1-28H;1-9H;/q;-2;+2/p+2. The molecule has 0 unspecified atom stereocenters. The molecule has 57 heavy (non-hydrogen) atoms. The predicted molar refractivity (Wildman–Crippen MR) is 238 cm³/mol. The normalized spacial score (nSPS) is 10.6. The summed E-state index contributed by atoms with van der Waals surface area (Å²) in [7, 11) is -2.56. The van der Waals surface area contributed by atoms with Crippen LogP contribution in [0.4, 0.5) is 0 Å². The fourth-order valence-electron chi connectivity index (χ4n) is 6.61. The van der Waals surface area contributed by atoms with Gasteiger partial charge >= 0.3 is 17.1 Å². The number of aromatic nitrogens is 3. The maximum Gasteiger partial charge on any atom is 2.00 e. The van der Waals surface area contributed by atoms with Gasteiger partial charge in [0.25, 0.3) is 0 Å². The molecule has 9 aromatic rings. The van der Waals surface area contributed by atoms with Crippen molar-refractivity contribution in [2.75, 3.05) is 0 Å². The van der Waals surface area contributed by atoms with Gasteiger partial charge < -0.3 is 14.8 Å². The summed E-state index contributed by atoms with van der Waals surface area (Å²) in [6.07, 6.45) is 0. The van der Waals surface area contributed by atoms with E-state index in [-0.39, 0.29) is 17.1 Å². The largest absolute Gasteiger partial charge is 2.00 e. The Kier molecular flexibility index (Phi) is 13.6. The summed E-state index contributed by atoms with van der Waals surface area (Å²) in [5.41, 5.74) is 1.84. The summed E-state index contributed by atoms with van der Waals surface area (Å²) >= 11 is 0. The smallest absolute Gasteiger partial charge is 0.466 e. The molecule has 7 heteroatoms. The van der Waals surface area contributed by atoms with Crippen LogP contribution in [0.25, 0.3) is 22.8 Å². The van der Waals surface area contributed by atoms with Crippen LogP contribution in [0.1, 0.15) is 0 Å². The van der Waals surface area contributed by atoms with Crippen LogP contribution in [0.2, 0.25) is 0 Å². The van der Waals surface area contributed by atoms with Crippen LogP contribution in [-0.4, -0.2) is 10.1 Å². The van der Waals surface area contributed by atoms with Crippen LogP contribution in [0.5, 0.6) is 11.5 Å². The van der Waals surface area contributed by atoms with E-state index in [9.17, 15) is 0 Å². The number of rotatable bonds is 10. The van der Waals surface area contributed by atoms with Gasteiger partial charge in [0.1, 0.15) is 47.7 Å². The van der Waals surface area contributed by atoms with Crippen LogP contribution >= 0.6 is 15.8 Å². The van der Waals surface area contributed by atoms with Gasteiger partial charge in [0, 0.05) is 5.82 Å². The Hall–Kier alpha value is -5.92. The second-order valence-corrected chi connectivity index (χ2v) is 17.8. The fourth-order valence-corrected chi connectivity index (χ4v) is 11.9. The maximum atomic E-state index is 6.94. The van der Waals surface area contributed by atoms with Crippen LogP contribution in [0, 0.1) is 6.07 Å². The molecule has 1 radical (unpaired) electrons. The summed E-state index contributed by atoms with van der Waals surface area (Å²) in [6.45, 7) is 0. The van der Waals surface area contributed by atoms with E-state index in [2.05, 4.69) is 191 Å². The molecule has 0 fully saturated rings. The zero-order chi connectivity index (χ0) is 37.8. The Morgan fingerprint density at radius 2 is 0.807 bits per heavy atom. The molecule has 279 valence electrons. The summed E-state index contributed by atoms with van der Waals surface area (Å²) in [6, 6.07) is 81.1. The SMILES string of the molecule is [Cu+2].[c-]1ccccc1-c1nc(-c2ccccc2)n[n-]1.c1ccc([PH+](c2ccccc2)c2ccccc2Oc2ccccc2[PH+](c2ccccc2)c2ccccc2)cc1. The number of hydrogen-bond donors (Lipinski definition) is 0. The fraction of sp³-hybridized carbons (Fsp3) is 0. The molecule has 0 saturated carbocycles. The molecule has 4 nitrogen and oxygen atoms in total. The minimum atomic E-state index is -1.28. The van der Waals surface area contributed by atoms with Crippen molar-refractivity contribution in [3.63, 3.8) is 0 Å². The topological polar surface area (TPSA) is 49.1 Å². The van der Waals surface area contributed by atoms with Crippen molar-refractivity contribution in [2.45, 2.75) is 0 Å². The molecule has 0 aliphatic carbocycles. The zero-order valence-electron chi connectivity index (χ0n) is 30.9. The maximum absolute atomic E-state index is 6.94. The second-order valence-electron chi connectivity index (χ2n) is 12.9. The van der Waals surface area contributed by atoms with Gasteiger partial charge in [-0.05, 0) is 78.4 Å². The molecular formula is C50H39CuN3OP2+2. The molecule has 0 saturated heterocycles. The average Bonchev–Trinajstić information content (AvgIpc) is 3.78. The van der Waals surface area contributed by atoms with Gasteiger partial charge in [0.05, 0.1) is 0 Å². The predicted octanol–water partition coefficient (Wildman–Crippen LogP) is 9.03. The van der Waals surface area contributed by atoms with Crippen molar-refractivity contribution >= 4 is 47.7 Å². The third-order valence-corrected chi connectivity index (χ3v) is 14.8. The van der Waals surface area contributed by atoms with Gasteiger partial charge in [-0.2, -0.15) is 5.56 Å². The van der Waals surface area contributed by atoms with E-state index in [0.29, 0.717) is 11.6 Å². The molecule has 1 aromatic heterocycles. The van der Waals surface area contributed by atoms with E-state index in [1.54, 1.807) is 0 Å². The third-order valence-electron chi connectivity index (χ3n) is 9.22. The van der Waals surface area contributed by atoms with Crippen molar-refractivity contribution in [2.24, 2.45) is 0 Å². The third kappa shape index (κ3) is 9.73. The molecule has 9 rings (SSSR count). The zero-order valence-corrected chi connectivity index (χ0v) is 33.9. The van der Waals surface area contributed by atoms with Gasteiger partial charge in [-0.1, -0.05) is 127 Å². The molecule has 0 atom stereocenters. The molecule has 0 amide bonds. The van der Waals surface area contributed by atoms with Crippen molar-refractivity contribution < 1.29 is 21.8 Å². The van der Waals surface area contributed by atoms with Crippen LogP contribution in [0.15, 0.2) is 224 Å². The van der Waals surface area contributed by atoms with Gasteiger partial charge in [0.15, 0.2) is 11.5 Å². The monoisotopic (exact) mass is 822 g/mol. The van der Waals surface area contributed by atoms with Crippen molar-refractivity contribution in [1.82, 2.24) is 15.2 Å². The number of hydrogen-bond acceptors (Lipinski definition) is 3. The molecule has 1 heterocycles. The first-order valence-electron chi connectivity index (χ1n) is 18.5. The van der Waals surface area contributed by atoms with Crippen molar-refractivity contribution in [3.8, 4) is 34.3 Å². The molecule has 0 N–H and O–H groups in total. The molecule has 0 aliphatic rings. The van der Waals surface area contributed by atoms with Crippen LogP contribution < -0.4 is 41.7 Å². The summed E-state index contributed by atoms with van der Waals surface area (Å²) in [5, 5.41) is 16.0.